The zero-order valence-corrected chi connectivity index (χ0v) is 15.9. The Morgan fingerprint density at radius 3 is 2.73 bits per heavy atom. The van der Waals surface area contributed by atoms with Crippen molar-refractivity contribution in [1.82, 2.24) is 33.8 Å². The van der Waals surface area contributed by atoms with Gasteiger partial charge in [-0.1, -0.05) is 0 Å². The smallest absolute Gasteiger partial charge is 0.180 e. The standard InChI is InChI=1S/C17H20N8S/c1-10-5-15(26-23-10)22-16-17-19-7-14(12-6-20-24(4)8-12)25(17)9-13(21-16)11(2)18-3/h5-9,11,18H,1-4H3,(H,21,22)/t11-/m0/s1. The van der Waals surface area contributed by atoms with Crippen LogP contribution in [0.5, 0.6) is 0 Å². The number of anilines is 2. The van der Waals surface area contributed by atoms with Crippen molar-refractivity contribution in [1.29, 1.82) is 0 Å². The van der Waals surface area contributed by atoms with Gasteiger partial charge < -0.3 is 10.6 Å². The Hall–Kier alpha value is -2.78. The summed E-state index contributed by atoms with van der Waals surface area (Å²) in [6.07, 6.45) is 7.69. The Labute approximate surface area is 155 Å². The molecule has 1 atom stereocenters. The number of rotatable bonds is 5. The minimum atomic E-state index is 0.104. The van der Waals surface area contributed by atoms with Crippen molar-refractivity contribution in [3.8, 4) is 11.3 Å². The van der Waals surface area contributed by atoms with Crippen LogP contribution in [0.3, 0.4) is 0 Å². The quantitative estimate of drug-likeness (QED) is 0.563. The lowest BCUT2D eigenvalue weighted by Crippen LogP contribution is -2.15. The maximum atomic E-state index is 4.79. The molecule has 0 aliphatic rings. The van der Waals surface area contributed by atoms with E-state index in [-0.39, 0.29) is 6.04 Å². The first-order valence-electron chi connectivity index (χ1n) is 8.30. The van der Waals surface area contributed by atoms with E-state index in [9.17, 15) is 0 Å². The van der Waals surface area contributed by atoms with E-state index in [0.717, 1.165) is 33.3 Å². The van der Waals surface area contributed by atoms with E-state index in [2.05, 4.69) is 36.4 Å². The predicted octanol–water partition coefficient (Wildman–Crippen LogP) is 2.92. The number of fused-ring (bicyclic) bond motifs is 1. The lowest BCUT2D eigenvalue weighted by Gasteiger charge is -2.13. The lowest BCUT2D eigenvalue weighted by atomic mass is 10.2. The highest BCUT2D eigenvalue weighted by Gasteiger charge is 2.16. The van der Waals surface area contributed by atoms with Crippen molar-refractivity contribution >= 4 is 28.0 Å². The Kier molecular flexibility index (Phi) is 4.17. The Morgan fingerprint density at radius 1 is 1.23 bits per heavy atom. The summed E-state index contributed by atoms with van der Waals surface area (Å²) in [5, 5.41) is 11.8. The first-order chi connectivity index (χ1) is 12.5. The molecule has 0 bridgehead atoms. The molecule has 0 saturated heterocycles. The summed E-state index contributed by atoms with van der Waals surface area (Å²) in [4.78, 5) is 9.39. The van der Waals surface area contributed by atoms with E-state index in [1.807, 2.05) is 51.9 Å². The minimum absolute atomic E-state index is 0.104. The van der Waals surface area contributed by atoms with Gasteiger partial charge in [0.1, 0.15) is 5.00 Å². The van der Waals surface area contributed by atoms with Crippen molar-refractivity contribution in [2.75, 3.05) is 12.4 Å². The second-order valence-electron chi connectivity index (χ2n) is 6.22. The second kappa shape index (κ2) is 6.50. The van der Waals surface area contributed by atoms with Gasteiger partial charge in [0.05, 0.1) is 29.5 Å². The zero-order chi connectivity index (χ0) is 18.3. The fourth-order valence-electron chi connectivity index (χ4n) is 2.75. The molecule has 0 spiro atoms. The van der Waals surface area contributed by atoms with E-state index in [0.29, 0.717) is 5.82 Å². The molecule has 0 unspecified atom stereocenters. The molecule has 2 N–H and O–H groups in total. The molecule has 134 valence electrons. The molecule has 0 radical (unpaired) electrons. The number of hydrogen-bond acceptors (Lipinski definition) is 7. The molecule has 4 aromatic heterocycles. The Morgan fingerprint density at radius 2 is 2.08 bits per heavy atom. The van der Waals surface area contributed by atoms with Crippen molar-refractivity contribution in [2.45, 2.75) is 19.9 Å². The van der Waals surface area contributed by atoms with Crippen LogP contribution in [0.4, 0.5) is 10.8 Å². The van der Waals surface area contributed by atoms with Gasteiger partial charge in [-0.05, 0) is 38.5 Å². The highest BCUT2D eigenvalue weighted by atomic mass is 32.1. The summed E-state index contributed by atoms with van der Waals surface area (Å²) in [6.45, 7) is 4.05. The Balaban J connectivity index is 1.88. The first-order valence-corrected chi connectivity index (χ1v) is 9.07. The molecule has 0 amide bonds. The molecule has 4 aromatic rings. The normalized spacial score (nSPS) is 12.6. The van der Waals surface area contributed by atoms with Crippen LogP contribution < -0.4 is 10.6 Å². The number of nitrogens with zero attached hydrogens (tertiary/aromatic N) is 6. The van der Waals surface area contributed by atoms with Gasteiger partial charge in [0.2, 0.25) is 0 Å². The maximum Gasteiger partial charge on any atom is 0.180 e. The van der Waals surface area contributed by atoms with Crippen molar-refractivity contribution in [3.05, 3.63) is 42.2 Å². The van der Waals surface area contributed by atoms with Crippen LogP contribution in [0.15, 0.2) is 30.9 Å². The summed E-state index contributed by atoms with van der Waals surface area (Å²) in [6, 6.07) is 2.11. The molecule has 8 nitrogen and oxygen atoms in total. The van der Waals surface area contributed by atoms with Gasteiger partial charge in [0.15, 0.2) is 11.5 Å². The van der Waals surface area contributed by atoms with Gasteiger partial charge >= 0.3 is 0 Å². The molecule has 0 aromatic carbocycles. The molecule has 9 heteroatoms. The number of nitrogens with one attached hydrogen (secondary N) is 2. The number of aromatic nitrogens is 6. The molecule has 4 rings (SSSR count). The zero-order valence-electron chi connectivity index (χ0n) is 15.1. The number of imidazole rings is 1. The van der Waals surface area contributed by atoms with E-state index < -0.39 is 0 Å². The number of hydrogen-bond donors (Lipinski definition) is 2. The molecular formula is C17H20N8S. The lowest BCUT2D eigenvalue weighted by molar-refractivity contribution is 0.629. The average Bonchev–Trinajstić information content (AvgIpc) is 3.34. The van der Waals surface area contributed by atoms with Crippen LogP contribution >= 0.6 is 11.5 Å². The largest absolute Gasteiger partial charge is 0.328 e. The fraction of sp³-hybridized carbons (Fsp3) is 0.294. The predicted molar refractivity (Wildman–Crippen MR) is 103 cm³/mol. The van der Waals surface area contributed by atoms with E-state index in [1.165, 1.54) is 11.5 Å². The van der Waals surface area contributed by atoms with E-state index in [1.54, 1.807) is 4.68 Å². The summed E-state index contributed by atoms with van der Waals surface area (Å²) >= 11 is 1.41. The van der Waals surface area contributed by atoms with Crippen molar-refractivity contribution in [2.24, 2.45) is 7.05 Å². The summed E-state index contributed by atoms with van der Waals surface area (Å²) in [5.74, 6) is 0.711. The third-order valence-electron chi connectivity index (χ3n) is 4.26. The van der Waals surface area contributed by atoms with Crippen LogP contribution in [-0.4, -0.2) is 35.6 Å². The molecule has 0 saturated carbocycles. The summed E-state index contributed by atoms with van der Waals surface area (Å²) < 4.78 is 8.17. The van der Waals surface area contributed by atoms with E-state index in [4.69, 9.17) is 4.98 Å². The fourth-order valence-corrected chi connectivity index (χ4v) is 3.41. The van der Waals surface area contributed by atoms with Gasteiger partial charge in [-0.25, -0.2) is 9.97 Å². The second-order valence-corrected chi connectivity index (χ2v) is 7.03. The minimum Gasteiger partial charge on any atom is -0.328 e. The molecule has 26 heavy (non-hydrogen) atoms. The maximum absolute atomic E-state index is 4.79. The molecular weight excluding hydrogens is 348 g/mol. The third kappa shape index (κ3) is 2.95. The highest BCUT2D eigenvalue weighted by molar-refractivity contribution is 7.10. The molecule has 0 aliphatic carbocycles. The molecule has 0 fully saturated rings. The topological polar surface area (TPSA) is 85.0 Å². The first kappa shape index (κ1) is 16.7. The van der Waals surface area contributed by atoms with Crippen molar-refractivity contribution < 1.29 is 0 Å². The van der Waals surface area contributed by atoms with Crippen LogP contribution in [-0.2, 0) is 7.05 Å². The third-order valence-corrected chi connectivity index (χ3v) is 5.05. The SMILES string of the molecule is CN[C@@H](C)c1cn2c(-c3cnn(C)c3)cnc2c(Nc2cc(C)ns2)n1. The van der Waals surface area contributed by atoms with Gasteiger partial charge in [0.25, 0.3) is 0 Å². The average molecular weight is 368 g/mol. The van der Waals surface area contributed by atoms with Crippen LogP contribution in [0.25, 0.3) is 16.9 Å². The Bertz CT molecular complexity index is 1060. The van der Waals surface area contributed by atoms with E-state index >= 15 is 0 Å². The number of aryl methyl sites for hydroxylation is 2. The molecule has 0 aliphatic heterocycles. The highest BCUT2D eigenvalue weighted by Crippen LogP contribution is 2.28. The summed E-state index contributed by atoms with van der Waals surface area (Å²) in [7, 11) is 3.83. The monoisotopic (exact) mass is 368 g/mol. The molecule has 4 heterocycles. The van der Waals surface area contributed by atoms with Crippen LogP contribution in [0, 0.1) is 6.92 Å². The van der Waals surface area contributed by atoms with Crippen LogP contribution in [0.2, 0.25) is 0 Å². The van der Waals surface area contributed by atoms with Gasteiger partial charge in [0, 0.05) is 31.0 Å². The van der Waals surface area contributed by atoms with Crippen LogP contribution in [0.1, 0.15) is 24.4 Å². The van der Waals surface area contributed by atoms with Gasteiger partial charge in [-0.15, -0.1) is 0 Å². The van der Waals surface area contributed by atoms with Crippen molar-refractivity contribution in [3.63, 3.8) is 0 Å². The summed E-state index contributed by atoms with van der Waals surface area (Å²) in [5.41, 5.74) is 4.65. The van der Waals surface area contributed by atoms with Gasteiger partial charge in [-0.2, -0.15) is 9.47 Å². The van der Waals surface area contributed by atoms with Gasteiger partial charge in [-0.3, -0.25) is 9.08 Å².